The van der Waals surface area contributed by atoms with Crippen molar-refractivity contribution in [3.05, 3.63) is 11.6 Å². The first kappa shape index (κ1) is 7.98. The SMILES string of the molecule is CC1C(C(=O)O)=CC=N[C@@H]1C. The highest BCUT2D eigenvalue weighted by Crippen LogP contribution is 2.19. The van der Waals surface area contributed by atoms with Crippen LogP contribution < -0.4 is 0 Å². The summed E-state index contributed by atoms with van der Waals surface area (Å²) < 4.78 is 0. The van der Waals surface area contributed by atoms with E-state index in [2.05, 4.69) is 4.99 Å². The quantitative estimate of drug-likeness (QED) is 0.613. The zero-order chi connectivity index (χ0) is 8.43. The second kappa shape index (κ2) is 2.86. The Labute approximate surface area is 65.4 Å². The summed E-state index contributed by atoms with van der Waals surface area (Å²) in [5.41, 5.74) is 0.451. The predicted octanol–water partition coefficient (Wildman–Crippen LogP) is 1.11. The lowest BCUT2D eigenvalue weighted by molar-refractivity contribution is -0.133. The van der Waals surface area contributed by atoms with E-state index in [-0.39, 0.29) is 12.0 Å². The summed E-state index contributed by atoms with van der Waals surface area (Å²) in [5.74, 6) is -0.812. The number of aliphatic carboxylic acids is 1. The van der Waals surface area contributed by atoms with Crippen LogP contribution in [-0.4, -0.2) is 23.3 Å². The van der Waals surface area contributed by atoms with Crippen molar-refractivity contribution in [1.82, 2.24) is 0 Å². The van der Waals surface area contributed by atoms with Gasteiger partial charge in [0.25, 0.3) is 0 Å². The molecule has 11 heavy (non-hydrogen) atoms. The maximum Gasteiger partial charge on any atom is 0.331 e. The maximum absolute atomic E-state index is 10.6. The highest BCUT2D eigenvalue weighted by molar-refractivity contribution is 5.93. The van der Waals surface area contributed by atoms with Crippen molar-refractivity contribution in [3.63, 3.8) is 0 Å². The first-order valence-electron chi connectivity index (χ1n) is 3.59. The van der Waals surface area contributed by atoms with Crippen molar-refractivity contribution >= 4 is 12.2 Å². The fourth-order valence-electron chi connectivity index (χ4n) is 1.07. The van der Waals surface area contributed by atoms with E-state index in [1.807, 2.05) is 13.8 Å². The summed E-state index contributed by atoms with van der Waals surface area (Å²) in [6, 6.07) is 0.0890. The van der Waals surface area contributed by atoms with Gasteiger partial charge >= 0.3 is 5.97 Å². The van der Waals surface area contributed by atoms with Crippen molar-refractivity contribution in [3.8, 4) is 0 Å². The van der Waals surface area contributed by atoms with Crippen LogP contribution in [0.1, 0.15) is 13.8 Å². The molecule has 0 amide bonds. The van der Waals surface area contributed by atoms with Gasteiger partial charge in [-0.1, -0.05) is 6.92 Å². The molecule has 1 aliphatic rings. The molecular formula is C8H11NO2. The van der Waals surface area contributed by atoms with Gasteiger partial charge in [0.15, 0.2) is 0 Å². The fourth-order valence-corrected chi connectivity index (χ4v) is 1.07. The number of rotatable bonds is 1. The molecule has 1 heterocycles. The van der Waals surface area contributed by atoms with E-state index in [1.165, 1.54) is 0 Å². The Morgan fingerprint density at radius 2 is 2.27 bits per heavy atom. The van der Waals surface area contributed by atoms with Crippen molar-refractivity contribution in [1.29, 1.82) is 0 Å². The summed E-state index contributed by atoms with van der Waals surface area (Å²) in [4.78, 5) is 14.7. The van der Waals surface area contributed by atoms with E-state index in [0.29, 0.717) is 5.57 Å². The highest BCUT2D eigenvalue weighted by atomic mass is 16.4. The lowest BCUT2D eigenvalue weighted by Gasteiger charge is -2.19. The standard InChI is InChI=1S/C8H11NO2/c1-5-6(2)9-4-3-7(5)8(10)11/h3-6H,1-2H3,(H,10,11)/t5?,6-/m1/s1. The number of allylic oxidation sites excluding steroid dienone is 1. The predicted molar refractivity (Wildman–Crippen MR) is 42.8 cm³/mol. The molecule has 1 unspecified atom stereocenters. The lowest BCUT2D eigenvalue weighted by atomic mass is 9.92. The highest BCUT2D eigenvalue weighted by Gasteiger charge is 2.22. The van der Waals surface area contributed by atoms with Gasteiger partial charge in [0.1, 0.15) is 0 Å². The zero-order valence-corrected chi connectivity index (χ0v) is 6.61. The largest absolute Gasteiger partial charge is 0.478 e. The Balaban J connectivity index is 2.87. The van der Waals surface area contributed by atoms with Crippen LogP contribution in [0.4, 0.5) is 0 Å². The van der Waals surface area contributed by atoms with Gasteiger partial charge in [-0.05, 0) is 13.0 Å². The molecule has 1 N–H and O–H groups in total. The number of hydrogen-bond acceptors (Lipinski definition) is 2. The zero-order valence-electron chi connectivity index (χ0n) is 6.61. The average Bonchev–Trinajstić information content (AvgIpc) is 1.94. The van der Waals surface area contributed by atoms with Gasteiger partial charge in [0.05, 0.1) is 6.04 Å². The van der Waals surface area contributed by atoms with Crippen LogP contribution in [-0.2, 0) is 4.79 Å². The molecule has 3 heteroatoms. The fraction of sp³-hybridized carbons (Fsp3) is 0.500. The van der Waals surface area contributed by atoms with Gasteiger partial charge in [-0.2, -0.15) is 0 Å². The van der Waals surface area contributed by atoms with Crippen molar-refractivity contribution < 1.29 is 9.90 Å². The van der Waals surface area contributed by atoms with E-state index in [0.717, 1.165) is 0 Å². The van der Waals surface area contributed by atoms with E-state index in [4.69, 9.17) is 5.11 Å². The molecule has 3 nitrogen and oxygen atoms in total. The minimum atomic E-state index is -0.837. The molecule has 0 bridgehead atoms. The molecule has 0 aromatic carbocycles. The normalized spacial score (nSPS) is 29.8. The van der Waals surface area contributed by atoms with Crippen molar-refractivity contribution in [2.75, 3.05) is 0 Å². The Hall–Kier alpha value is -1.12. The smallest absolute Gasteiger partial charge is 0.331 e. The molecule has 0 saturated carbocycles. The van der Waals surface area contributed by atoms with Crippen LogP contribution in [0.3, 0.4) is 0 Å². The molecule has 0 aliphatic carbocycles. The summed E-state index contributed by atoms with van der Waals surface area (Å²) >= 11 is 0. The molecule has 2 atom stereocenters. The van der Waals surface area contributed by atoms with Gasteiger partial charge in [-0.15, -0.1) is 0 Å². The van der Waals surface area contributed by atoms with E-state index < -0.39 is 5.97 Å². The van der Waals surface area contributed by atoms with Crippen LogP contribution >= 0.6 is 0 Å². The Morgan fingerprint density at radius 1 is 1.64 bits per heavy atom. The maximum atomic E-state index is 10.6. The number of hydrogen-bond donors (Lipinski definition) is 1. The van der Waals surface area contributed by atoms with Gasteiger partial charge in [0, 0.05) is 17.7 Å². The number of carbonyl (C=O) groups is 1. The van der Waals surface area contributed by atoms with Gasteiger partial charge in [-0.3, -0.25) is 4.99 Å². The second-order valence-electron chi connectivity index (χ2n) is 2.75. The van der Waals surface area contributed by atoms with Crippen LogP contribution in [0, 0.1) is 5.92 Å². The van der Waals surface area contributed by atoms with Gasteiger partial charge < -0.3 is 5.11 Å². The minimum Gasteiger partial charge on any atom is -0.478 e. The minimum absolute atomic E-state index is 0.0255. The topological polar surface area (TPSA) is 49.7 Å². The first-order valence-corrected chi connectivity index (χ1v) is 3.59. The molecule has 60 valence electrons. The summed E-state index contributed by atoms with van der Waals surface area (Å²) in [6.07, 6.45) is 3.13. The number of dihydropyridines is 1. The average molecular weight is 153 g/mol. The van der Waals surface area contributed by atoms with Crippen LogP contribution in [0.2, 0.25) is 0 Å². The molecule has 0 aromatic rings. The molecule has 0 saturated heterocycles. The Kier molecular flexibility index (Phi) is 2.08. The van der Waals surface area contributed by atoms with E-state index in [1.54, 1.807) is 12.3 Å². The third-order valence-electron chi connectivity index (χ3n) is 2.04. The molecule has 0 fully saturated rings. The van der Waals surface area contributed by atoms with Gasteiger partial charge in [0.2, 0.25) is 0 Å². The number of carboxylic acids is 1. The third kappa shape index (κ3) is 1.48. The van der Waals surface area contributed by atoms with Crippen LogP contribution in [0.25, 0.3) is 0 Å². The van der Waals surface area contributed by atoms with E-state index >= 15 is 0 Å². The molecule has 0 aromatic heterocycles. The molecule has 1 aliphatic heterocycles. The molecule has 0 spiro atoms. The number of nitrogens with zero attached hydrogens (tertiary/aromatic N) is 1. The molecule has 0 radical (unpaired) electrons. The van der Waals surface area contributed by atoms with Crippen molar-refractivity contribution in [2.45, 2.75) is 19.9 Å². The summed E-state index contributed by atoms with van der Waals surface area (Å²) in [5, 5.41) is 8.70. The third-order valence-corrected chi connectivity index (χ3v) is 2.04. The number of carboxylic acid groups (broad SMARTS) is 1. The molecular weight excluding hydrogens is 142 g/mol. The van der Waals surface area contributed by atoms with Crippen molar-refractivity contribution in [2.24, 2.45) is 10.9 Å². The Morgan fingerprint density at radius 3 is 2.73 bits per heavy atom. The number of aliphatic imine (C=N–C) groups is 1. The van der Waals surface area contributed by atoms with E-state index in [9.17, 15) is 4.79 Å². The summed E-state index contributed by atoms with van der Waals surface area (Å²) in [6.45, 7) is 3.79. The summed E-state index contributed by atoms with van der Waals surface area (Å²) in [7, 11) is 0. The second-order valence-corrected chi connectivity index (χ2v) is 2.75. The first-order chi connectivity index (χ1) is 5.13. The monoisotopic (exact) mass is 153 g/mol. The van der Waals surface area contributed by atoms with Crippen LogP contribution in [0.15, 0.2) is 16.6 Å². The van der Waals surface area contributed by atoms with Crippen LogP contribution in [0.5, 0.6) is 0 Å². The van der Waals surface area contributed by atoms with Gasteiger partial charge in [-0.25, -0.2) is 4.79 Å². The molecule has 1 rings (SSSR count). The Bertz CT molecular complexity index is 230. The lowest BCUT2D eigenvalue weighted by Crippen LogP contribution is -2.22.